The number of aryl methyl sites for hydroxylation is 1. The van der Waals surface area contributed by atoms with Crippen molar-refractivity contribution < 1.29 is 4.79 Å². The number of hydrogen-bond donors (Lipinski definition) is 1. The molecule has 2 heterocycles. The Labute approximate surface area is 196 Å². The highest BCUT2D eigenvalue weighted by atomic mass is 79.9. The van der Waals surface area contributed by atoms with Crippen LogP contribution in [0.25, 0.3) is 21.3 Å². The number of benzene rings is 2. The monoisotopic (exact) mass is 515 g/mol. The van der Waals surface area contributed by atoms with Gasteiger partial charge < -0.3 is 5.32 Å². The minimum atomic E-state index is -0.761. The summed E-state index contributed by atoms with van der Waals surface area (Å²) in [4.78, 5) is 32.6. The van der Waals surface area contributed by atoms with E-state index in [1.54, 1.807) is 31.2 Å². The fraction of sp³-hybridized carbons (Fsp3) is 0.174. The van der Waals surface area contributed by atoms with Crippen LogP contribution in [0, 0.1) is 0 Å². The van der Waals surface area contributed by atoms with E-state index in [9.17, 15) is 9.59 Å². The number of amides is 1. The largest absolute Gasteiger partial charge is 0.323 e. The molecule has 2 aromatic heterocycles. The minimum Gasteiger partial charge on any atom is -0.323 e. The Bertz CT molecular complexity index is 1330. The second-order valence-electron chi connectivity index (χ2n) is 7.04. The first-order valence-electron chi connectivity index (χ1n) is 9.74. The first kappa shape index (κ1) is 21.7. The van der Waals surface area contributed by atoms with E-state index in [4.69, 9.17) is 11.6 Å². The van der Waals surface area contributed by atoms with Crippen LogP contribution in [-0.2, 0) is 11.2 Å². The molecule has 8 heteroatoms. The number of carbonyl (C=O) groups is 1. The third kappa shape index (κ3) is 4.18. The number of fused-ring (bicyclic) bond motifs is 1. The van der Waals surface area contributed by atoms with E-state index in [-0.39, 0.29) is 11.5 Å². The maximum atomic E-state index is 13.5. The van der Waals surface area contributed by atoms with Crippen molar-refractivity contribution in [2.75, 3.05) is 5.32 Å². The molecule has 1 unspecified atom stereocenters. The molecule has 31 heavy (non-hydrogen) atoms. The Balaban J connectivity index is 1.79. The van der Waals surface area contributed by atoms with Crippen molar-refractivity contribution in [2.45, 2.75) is 26.3 Å². The molecular formula is C23H19BrClN3O2S. The molecule has 5 nitrogen and oxygen atoms in total. The van der Waals surface area contributed by atoms with Crippen LogP contribution in [0.4, 0.5) is 5.69 Å². The van der Waals surface area contributed by atoms with Crippen LogP contribution in [0.5, 0.6) is 0 Å². The maximum absolute atomic E-state index is 13.5. The number of nitrogens with zero attached hydrogens (tertiary/aromatic N) is 2. The van der Waals surface area contributed by atoms with Crippen molar-refractivity contribution >= 4 is 60.7 Å². The molecule has 1 amide bonds. The third-order valence-electron chi connectivity index (χ3n) is 5.09. The lowest BCUT2D eigenvalue weighted by molar-refractivity contribution is -0.118. The topological polar surface area (TPSA) is 64.0 Å². The lowest BCUT2D eigenvalue weighted by Crippen LogP contribution is -2.31. The average molecular weight is 517 g/mol. The average Bonchev–Trinajstić information content (AvgIpc) is 3.15. The number of para-hydroxylation sites is 1. The summed E-state index contributed by atoms with van der Waals surface area (Å²) in [6.07, 6.45) is 2.23. The fourth-order valence-electron chi connectivity index (χ4n) is 3.42. The predicted molar refractivity (Wildman–Crippen MR) is 131 cm³/mol. The Hall–Kier alpha value is -2.48. The molecule has 0 saturated carbocycles. The van der Waals surface area contributed by atoms with Gasteiger partial charge in [-0.25, -0.2) is 4.98 Å². The van der Waals surface area contributed by atoms with Gasteiger partial charge in [0.2, 0.25) is 5.91 Å². The van der Waals surface area contributed by atoms with E-state index in [2.05, 4.69) is 33.2 Å². The van der Waals surface area contributed by atoms with Gasteiger partial charge in [-0.2, -0.15) is 0 Å². The summed E-state index contributed by atoms with van der Waals surface area (Å²) in [5.74, 6) is -0.340. The molecule has 0 aliphatic heterocycles. The molecule has 158 valence electrons. The SMILES string of the molecule is CCc1sc2ncn(C(C)C(=O)Nc3ccccc3Cl)c(=O)c2c1-c1ccc(Br)cc1. The molecule has 0 fully saturated rings. The molecule has 0 radical (unpaired) electrons. The third-order valence-corrected chi connectivity index (χ3v) is 7.19. The quantitative estimate of drug-likeness (QED) is 0.338. The Morgan fingerprint density at radius 3 is 2.61 bits per heavy atom. The summed E-state index contributed by atoms with van der Waals surface area (Å²) >= 11 is 11.1. The molecule has 0 bridgehead atoms. The van der Waals surface area contributed by atoms with Crippen molar-refractivity contribution in [3.63, 3.8) is 0 Å². The number of nitrogens with one attached hydrogen (secondary N) is 1. The van der Waals surface area contributed by atoms with Crippen LogP contribution in [0.3, 0.4) is 0 Å². The Kier molecular flexibility index (Phi) is 6.27. The second kappa shape index (κ2) is 8.94. The van der Waals surface area contributed by atoms with E-state index in [0.717, 1.165) is 26.9 Å². The molecule has 0 saturated heterocycles. The molecular weight excluding hydrogens is 498 g/mol. The van der Waals surface area contributed by atoms with Crippen molar-refractivity contribution in [3.8, 4) is 11.1 Å². The van der Waals surface area contributed by atoms with Gasteiger partial charge in [0.25, 0.3) is 5.56 Å². The number of aromatic nitrogens is 2. The number of anilines is 1. The van der Waals surface area contributed by atoms with Crippen molar-refractivity contribution in [2.24, 2.45) is 0 Å². The van der Waals surface area contributed by atoms with Crippen LogP contribution in [0.15, 0.2) is 64.1 Å². The standard InChI is InChI=1S/C23H19BrClN3O2S/c1-3-18-19(14-8-10-15(24)11-9-14)20-22(31-18)26-12-28(23(20)30)13(2)21(29)27-17-7-5-4-6-16(17)25/h4-13H,3H2,1-2H3,(H,27,29). The molecule has 2 aromatic carbocycles. The van der Waals surface area contributed by atoms with Gasteiger partial charge in [-0.1, -0.05) is 58.7 Å². The first-order chi connectivity index (χ1) is 14.9. The van der Waals surface area contributed by atoms with Gasteiger partial charge in [0.05, 0.1) is 22.4 Å². The van der Waals surface area contributed by atoms with Gasteiger partial charge in [0, 0.05) is 14.9 Å². The lowest BCUT2D eigenvalue weighted by Gasteiger charge is -2.15. The summed E-state index contributed by atoms with van der Waals surface area (Å²) in [7, 11) is 0. The van der Waals surface area contributed by atoms with Gasteiger partial charge in [-0.15, -0.1) is 11.3 Å². The molecule has 0 spiro atoms. The van der Waals surface area contributed by atoms with Crippen LogP contribution < -0.4 is 10.9 Å². The molecule has 1 atom stereocenters. The van der Waals surface area contributed by atoms with Crippen LogP contribution in [0.1, 0.15) is 24.8 Å². The summed E-state index contributed by atoms with van der Waals surface area (Å²) in [6, 6.07) is 14.1. The number of hydrogen-bond acceptors (Lipinski definition) is 4. The minimum absolute atomic E-state index is 0.235. The lowest BCUT2D eigenvalue weighted by atomic mass is 10.0. The second-order valence-corrected chi connectivity index (χ2v) is 9.45. The van der Waals surface area contributed by atoms with Crippen LogP contribution >= 0.6 is 38.9 Å². The number of carbonyl (C=O) groups excluding carboxylic acids is 1. The molecule has 4 aromatic rings. The van der Waals surface area contributed by atoms with Gasteiger partial charge in [0.1, 0.15) is 10.9 Å². The normalized spacial score (nSPS) is 12.1. The van der Waals surface area contributed by atoms with Gasteiger partial charge >= 0.3 is 0 Å². The zero-order chi connectivity index (χ0) is 22.1. The Morgan fingerprint density at radius 1 is 1.23 bits per heavy atom. The first-order valence-corrected chi connectivity index (χ1v) is 11.7. The van der Waals surface area contributed by atoms with Crippen LogP contribution in [-0.4, -0.2) is 15.5 Å². The zero-order valence-corrected chi connectivity index (χ0v) is 20.0. The highest BCUT2D eigenvalue weighted by Gasteiger charge is 2.23. The number of thiophene rings is 1. The van der Waals surface area contributed by atoms with Crippen LogP contribution in [0.2, 0.25) is 5.02 Å². The van der Waals surface area contributed by atoms with E-state index in [1.165, 1.54) is 22.2 Å². The van der Waals surface area contributed by atoms with E-state index in [0.29, 0.717) is 20.9 Å². The summed E-state index contributed by atoms with van der Waals surface area (Å²) in [5.41, 5.74) is 2.11. The maximum Gasteiger partial charge on any atom is 0.263 e. The van der Waals surface area contributed by atoms with E-state index < -0.39 is 6.04 Å². The smallest absolute Gasteiger partial charge is 0.263 e. The van der Waals surface area contributed by atoms with Gasteiger partial charge in [-0.05, 0) is 43.2 Å². The van der Waals surface area contributed by atoms with Crippen molar-refractivity contribution in [3.05, 3.63) is 79.6 Å². The van der Waals surface area contributed by atoms with Crippen molar-refractivity contribution in [1.82, 2.24) is 9.55 Å². The summed E-state index contributed by atoms with van der Waals surface area (Å²) in [6.45, 7) is 3.73. The Morgan fingerprint density at radius 2 is 1.94 bits per heavy atom. The van der Waals surface area contributed by atoms with Gasteiger partial charge in [-0.3, -0.25) is 14.2 Å². The zero-order valence-electron chi connectivity index (χ0n) is 16.9. The summed E-state index contributed by atoms with van der Waals surface area (Å²) < 4.78 is 2.34. The van der Waals surface area contributed by atoms with E-state index in [1.807, 2.05) is 24.3 Å². The summed E-state index contributed by atoms with van der Waals surface area (Å²) in [5, 5.41) is 3.77. The number of rotatable bonds is 5. The molecule has 1 N–H and O–H groups in total. The number of halogens is 2. The van der Waals surface area contributed by atoms with E-state index >= 15 is 0 Å². The predicted octanol–water partition coefficient (Wildman–Crippen LogP) is 6.30. The highest BCUT2D eigenvalue weighted by Crippen LogP contribution is 2.37. The molecule has 0 aliphatic carbocycles. The van der Waals surface area contributed by atoms with Gasteiger partial charge in [0.15, 0.2) is 0 Å². The highest BCUT2D eigenvalue weighted by molar-refractivity contribution is 9.10. The fourth-order valence-corrected chi connectivity index (χ4v) is 4.96. The molecule has 0 aliphatic rings. The molecule has 4 rings (SSSR count). The van der Waals surface area contributed by atoms with Crippen molar-refractivity contribution in [1.29, 1.82) is 0 Å².